The van der Waals surface area contributed by atoms with Crippen molar-refractivity contribution in [2.45, 2.75) is 236 Å². The summed E-state index contributed by atoms with van der Waals surface area (Å²) in [4.78, 5) is 23.1. The molecule has 0 bridgehead atoms. The highest BCUT2D eigenvalue weighted by Gasteiger charge is 2.51. The highest BCUT2D eigenvalue weighted by molar-refractivity contribution is 7.47. The molecule has 0 spiro atoms. The van der Waals surface area contributed by atoms with Crippen LogP contribution in [-0.4, -0.2) is 108 Å². The van der Waals surface area contributed by atoms with Crippen LogP contribution in [0.1, 0.15) is 181 Å². The number of carbonyl (C=O) groups is 1. The number of hydrogen-bond acceptors (Lipinski definition) is 11. The Balaban J connectivity index is 2.26. The second-order valence-corrected chi connectivity index (χ2v) is 17.1. The van der Waals surface area contributed by atoms with Crippen LogP contribution < -0.4 is 5.32 Å². The summed E-state index contributed by atoms with van der Waals surface area (Å²) >= 11 is 0. The first-order chi connectivity index (χ1) is 26.3. The highest BCUT2D eigenvalue weighted by Crippen LogP contribution is 2.47. The van der Waals surface area contributed by atoms with Crippen LogP contribution in [0.25, 0.3) is 0 Å². The van der Waals surface area contributed by atoms with Gasteiger partial charge in [-0.25, -0.2) is 4.57 Å². The highest BCUT2D eigenvalue weighted by atomic mass is 31.2. The van der Waals surface area contributed by atoms with Crippen molar-refractivity contribution in [2.24, 2.45) is 0 Å². The molecule has 9 N–H and O–H groups in total. The number of hydrogen-bond donors (Lipinski definition) is 9. The Bertz CT molecular complexity index is 1010. The van der Waals surface area contributed by atoms with E-state index in [1.807, 2.05) is 6.92 Å². The minimum atomic E-state index is -5.09. The number of aliphatic hydroxyl groups excluding tert-OH is 7. The number of aliphatic hydroxyl groups is 7. The van der Waals surface area contributed by atoms with Gasteiger partial charge in [-0.05, 0) is 38.5 Å². The summed E-state index contributed by atoms with van der Waals surface area (Å²) in [5.41, 5.74) is 0. The lowest BCUT2D eigenvalue weighted by Crippen LogP contribution is -2.64. The van der Waals surface area contributed by atoms with Gasteiger partial charge in [0.1, 0.15) is 36.6 Å². The van der Waals surface area contributed by atoms with Gasteiger partial charge < -0.3 is 46.0 Å². The van der Waals surface area contributed by atoms with E-state index in [1.54, 1.807) is 0 Å². The van der Waals surface area contributed by atoms with Gasteiger partial charge >= 0.3 is 7.82 Å². The Morgan fingerprint density at radius 3 is 1.51 bits per heavy atom. The second-order valence-electron chi connectivity index (χ2n) is 15.7. The summed E-state index contributed by atoms with van der Waals surface area (Å²) in [5.74, 6) is -0.574. The molecule has 1 aliphatic carbocycles. The molecule has 1 saturated carbocycles. The monoisotopic (exact) mass is 810 g/mol. The molecule has 14 heteroatoms. The van der Waals surface area contributed by atoms with Crippen molar-refractivity contribution in [2.75, 3.05) is 6.61 Å². The summed E-state index contributed by atoms with van der Waals surface area (Å²) in [7, 11) is -5.09. The minimum absolute atomic E-state index is 0.227. The van der Waals surface area contributed by atoms with Crippen LogP contribution in [0.3, 0.4) is 0 Å². The number of carbonyl (C=O) groups excluding carboxylic acids is 1. The predicted octanol–water partition coefficient (Wildman–Crippen LogP) is 6.25. The van der Waals surface area contributed by atoms with Gasteiger partial charge in [0.15, 0.2) is 0 Å². The van der Waals surface area contributed by atoms with Gasteiger partial charge in [-0.3, -0.25) is 13.8 Å². The first kappa shape index (κ1) is 52.1. The summed E-state index contributed by atoms with van der Waals surface area (Å²) < 4.78 is 22.6. The molecular formula is C41H80NO12P. The molecule has 1 rings (SSSR count). The Morgan fingerprint density at radius 2 is 1.02 bits per heavy atom. The predicted molar refractivity (Wildman–Crippen MR) is 215 cm³/mol. The van der Waals surface area contributed by atoms with Gasteiger partial charge in [0, 0.05) is 0 Å². The lowest BCUT2D eigenvalue weighted by Gasteiger charge is -2.41. The van der Waals surface area contributed by atoms with Crippen molar-refractivity contribution in [3.63, 3.8) is 0 Å². The largest absolute Gasteiger partial charge is 0.472 e. The van der Waals surface area contributed by atoms with Crippen LogP contribution in [0.15, 0.2) is 12.2 Å². The zero-order valence-electron chi connectivity index (χ0n) is 34.1. The van der Waals surface area contributed by atoms with E-state index >= 15 is 0 Å². The Kier molecular flexibility index (Phi) is 30.3. The molecule has 326 valence electrons. The van der Waals surface area contributed by atoms with E-state index in [2.05, 4.69) is 24.4 Å². The number of phosphoric acid groups is 1. The maximum Gasteiger partial charge on any atom is 0.472 e. The maximum absolute atomic E-state index is 12.8. The van der Waals surface area contributed by atoms with Crippen molar-refractivity contribution < 1.29 is 59.0 Å². The van der Waals surface area contributed by atoms with Crippen LogP contribution in [-0.2, 0) is 18.4 Å². The van der Waals surface area contributed by atoms with Gasteiger partial charge in [-0.1, -0.05) is 148 Å². The number of amides is 1. The van der Waals surface area contributed by atoms with Crippen molar-refractivity contribution in [3.05, 3.63) is 12.2 Å². The third-order valence-electron chi connectivity index (χ3n) is 10.6. The van der Waals surface area contributed by atoms with Crippen molar-refractivity contribution in [1.82, 2.24) is 5.32 Å². The molecule has 1 fully saturated rings. The molecule has 0 heterocycles. The smallest absolute Gasteiger partial charge is 0.393 e. The normalized spacial score (nSPS) is 24.5. The van der Waals surface area contributed by atoms with Crippen molar-refractivity contribution in [3.8, 4) is 0 Å². The molecule has 0 radical (unpaired) electrons. The fourth-order valence-electron chi connectivity index (χ4n) is 7.00. The van der Waals surface area contributed by atoms with Crippen LogP contribution in [0.2, 0.25) is 0 Å². The molecular weight excluding hydrogens is 729 g/mol. The molecule has 8 unspecified atom stereocenters. The Hall–Kier alpha value is -0.960. The maximum atomic E-state index is 12.8. The zero-order valence-corrected chi connectivity index (χ0v) is 35.0. The lowest BCUT2D eigenvalue weighted by atomic mass is 9.85. The number of unbranched alkanes of at least 4 members (excludes halogenated alkanes) is 20. The average Bonchev–Trinajstić information content (AvgIpc) is 3.15. The molecule has 0 saturated heterocycles. The lowest BCUT2D eigenvalue weighted by molar-refractivity contribution is -0.220. The fourth-order valence-corrected chi connectivity index (χ4v) is 7.97. The minimum Gasteiger partial charge on any atom is -0.393 e. The van der Waals surface area contributed by atoms with Crippen molar-refractivity contribution >= 4 is 13.7 Å². The van der Waals surface area contributed by atoms with Gasteiger partial charge in [0.2, 0.25) is 5.91 Å². The molecule has 55 heavy (non-hydrogen) atoms. The summed E-state index contributed by atoms with van der Waals surface area (Å²) in [6, 6.07) is -1.15. The SMILES string of the molecule is CCCCCCCCCCCCCC/C=C\CCCCCCCCC(O)CC(=O)NC(COP(=O)(O)OC1C(O)C(O)C(O)C(O)C1O)C(O)CCCCC. The third-order valence-corrected chi connectivity index (χ3v) is 11.6. The molecule has 0 aliphatic heterocycles. The van der Waals surface area contributed by atoms with Gasteiger partial charge in [-0.15, -0.1) is 0 Å². The van der Waals surface area contributed by atoms with E-state index in [0.29, 0.717) is 12.8 Å². The quantitative estimate of drug-likeness (QED) is 0.0197. The first-order valence-electron chi connectivity index (χ1n) is 21.7. The summed E-state index contributed by atoms with van der Waals surface area (Å²) in [6.45, 7) is 3.56. The Labute approximate surface area is 331 Å². The second kappa shape index (κ2) is 32.0. The molecule has 0 aromatic carbocycles. The summed E-state index contributed by atoms with van der Waals surface area (Å²) in [6.07, 6.45) is 18.5. The molecule has 0 aromatic heterocycles. The van der Waals surface area contributed by atoms with E-state index in [1.165, 1.54) is 96.3 Å². The van der Waals surface area contributed by atoms with Crippen LogP contribution in [0, 0.1) is 0 Å². The standard InChI is InChI=1S/C41H80NO12P/c1-3-5-7-8-9-10-11-12-13-14-15-16-17-18-19-20-21-22-23-24-25-27-28-32(43)30-35(45)42-33(34(44)29-26-6-4-2)31-53-55(51,52)54-41-39(49)37(47)36(46)38(48)40(41)50/h18-19,32-34,36-41,43-44,46-50H,3-17,20-31H2,1-2H3,(H,42,45)(H,51,52)/b19-18-. The van der Waals surface area contributed by atoms with E-state index in [9.17, 15) is 50.0 Å². The van der Waals surface area contributed by atoms with E-state index in [4.69, 9.17) is 9.05 Å². The molecule has 13 nitrogen and oxygen atoms in total. The van der Waals surface area contributed by atoms with Crippen molar-refractivity contribution in [1.29, 1.82) is 0 Å². The van der Waals surface area contributed by atoms with E-state index in [0.717, 1.165) is 44.9 Å². The van der Waals surface area contributed by atoms with Gasteiger partial charge in [0.25, 0.3) is 0 Å². The molecule has 0 aromatic rings. The Morgan fingerprint density at radius 1 is 0.618 bits per heavy atom. The topological polar surface area (TPSA) is 226 Å². The summed E-state index contributed by atoms with van der Waals surface area (Å²) in [5, 5.41) is 73.6. The van der Waals surface area contributed by atoms with Crippen LogP contribution >= 0.6 is 7.82 Å². The van der Waals surface area contributed by atoms with Gasteiger partial charge in [-0.2, -0.15) is 0 Å². The molecule has 8 atom stereocenters. The number of allylic oxidation sites excluding steroid dienone is 2. The fraction of sp³-hybridized carbons (Fsp3) is 0.927. The first-order valence-corrected chi connectivity index (χ1v) is 23.2. The number of nitrogens with one attached hydrogen (secondary N) is 1. The van der Waals surface area contributed by atoms with E-state index in [-0.39, 0.29) is 12.8 Å². The molecule has 1 amide bonds. The zero-order chi connectivity index (χ0) is 40.9. The average molecular weight is 810 g/mol. The van der Waals surface area contributed by atoms with Gasteiger partial charge in [0.05, 0.1) is 31.3 Å². The molecule has 1 aliphatic rings. The number of phosphoric ester groups is 1. The van der Waals surface area contributed by atoms with E-state index < -0.39 is 75.2 Å². The van der Waals surface area contributed by atoms with Crippen LogP contribution in [0.5, 0.6) is 0 Å². The number of rotatable bonds is 35. The third kappa shape index (κ3) is 24.5. The van der Waals surface area contributed by atoms with Crippen LogP contribution in [0.4, 0.5) is 0 Å².